The number of anilines is 1. The molecule has 3 aromatic rings. The van der Waals surface area contributed by atoms with Gasteiger partial charge < -0.3 is 5.32 Å². The maximum Gasteiger partial charge on any atom is 0.241 e. The van der Waals surface area contributed by atoms with Crippen molar-refractivity contribution in [3.05, 3.63) is 54.0 Å². The Balaban J connectivity index is 1.70. The molecular weight excluding hydrogens is 422 g/mol. The van der Waals surface area contributed by atoms with E-state index in [0.29, 0.717) is 29.1 Å². The second-order valence-corrected chi connectivity index (χ2v) is 10.4. The van der Waals surface area contributed by atoms with Crippen LogP contribution in [0.25, 0.3) is 5.65 Å². The number of nitrogens with one attached hydrogen (secondary N) is 2. The number of sulfonamides is 1. The summed E-state index contributed by atoms with van der Waals surface area (Å²) in [5, 5.41) is 11.2. The van der Waals surface area contributed by atoms with Gasteiger partial charge in [-0.1, -0.05) is 6.07 Å². The van der Waals surface area contributed by atoms with Gasteiger partial charge in [-0.25, -0.2) is 13.1 Å². The van der Waals surface area contributed by atoms with E-state index in [9.17, 15) is 13.2 Å². The lowest BCUT2D eigenvalue weighted by Gasteiger charge is -2.19. The molecule has 2 aromatic heterocycles. The van der Waals surface area contributed by atoms with Crippen LogP contribution in [0.3, 0.4) is 0 Å². The number of aromatic nitrogens is 3. The van der Waals surface area contributed by atoms with Crippen LogP contribution < -0.4 is 10.0 Å². The molecule has 158 valence electrons. The number of hydrogen-bond donors (Lipinski definition) is 2. The third kappa shape index (κ3) is 3.59. The highest BCUT2D eigenvalue weighted by Gasteiger charge is 2.39. The Morgan fingerprint density at radius 1 is 1.23 bits per heavy atom. The van der Waals surface area contributed by atoms with Crippen LogP contribution in [-0.2, 0) is 20.2 Å². The van der Waals surface area contributed by atoms with E-state index in [1.807, 2.05) is 30.7 Å². The first-order chi connectivity index (χ1) is 14.2. The van der Waals surface area contributed by atoms with E-state index >= 15 is 0 Å². The van der Waals surface area contributed by atoms with Gasteiger partial charge in [0.1, 0.15) is 0 Å². The lowest BCUT2D eigenvalue weighted by molar-refractivity contribution is -0.119. The standard InChI is InChI=1S/C20H23N5O3S2/c1-20(2)14-12-13(7-8-15(14)21-19(20)26)30(27,28)24-16(9-11-29-3)18-23-22-17-6-4-5-10-25(17)18/h4-8,10,12,16,24H,9,11H2,1-3H3,(H,21,26). The van der Waals surface area contributed by atoms with Crippen molar-refractivity contribution in [3.8, 4) is 0 Å². The number of rotatable bonds is 7. The first-order valence-electron chi connectivity index (χ1n) is 9.51. The van der Waals surface area contributed by atoms with Crippen LogP contribution in [0.1, 0.15) is 37.7 Å². The maximum absolute atomic E-state index is 13.2. The fourth-order valence-corrected chi connectivity index (χ4v) is 5.27. The number of hydrogen-bond acceptors (Lipinski definition) is 6. The van der Waals surface area contributed by atoms with Gasteiger partial charge in [0.15, 0.2) is 11.5 Å². The molecule has 1 unspecified atom stereocenters. The molecule has 1 aromatic carbocycles. The highest BCUT2D eigenvalue weighted by atomic mass is 32.2. The fraction of sp³-hybridized carbons (Fsp3) is 0.350. The Labute approximate surface area is 179 Å². The number of nitrogens with zero attached hydrogens (tertiary/aromatic N) is 3. The predicted octanol–water partition coefficient (Wildman–Crippen LogP) is 2.73. The van der Waals surface area contributed by atoms with Crippen molar-refractivity contribution in [1.29, 1.82) is 0 Å². The molecule has 0 aliphatic carbocycles. The number of thioether (sulfide) groups is 1. The first kappa shape index (κ1) is 20.8. The van der Waals surface area contributed by atoms with E-state index in [4.69, 9.17) is 0 Å². The minimum atomic E-state index is -3.85. The molecule has 4 rings (SSSR count). The van der Waals surface area contributed by atoms with Gasteiger partial charge >= 0.3 is 0 Å². The normalized spacial score (nSPS) is 16.4. The lowest BCUT2D eigenvalue weighted by Crippen LogP contribution is -2.31. The zero-order valence-corrected chi connectivity index (χ0v) is 18.5. The highest BCUT2D eigenvalue weighted by molar-refractivity contribution is 7.98. The Hall–Kier alpha value is -2.43. The Morgan fingerprint density at radius 3 is 2.80 bits per heavy atom. The molecule has 1 aliphatic rings. The summed E-state index contributed by atoms with van der Waals surface area (Å²) in [4.78, 5) is 12.3. The average Bonchev–Trinajstić information content (AvgIpc) is 3.24. The summed E-state index contributed by atoms with van der Waals surface area (Å²) in [6, 6.07) is 9.71. The molecule has 0 spiro atoms. The SMILES string of the molecule is CSCCC(NS(=O)(=O)c1ccc2c(c1)C(C)(C)C(=O)N2)c1nnc2ccccn12. The maximum atomic E-state index is 13.2. The number of carbonyl (C=O) groups excluding carboxylic acids is 1. The van der Waals surface area contributed by atoms with E-state index in [2.05, 4.69) is 20.2 Å². The number of fused-ring (bicyclic) bond motifs is 2. The molecule has 0 radical (unpaired) electrons. The number of benzene rings is 1. The third-order valence-electron chi connectivity index (χ3n) is 5.35. The average molecular weight is 446 g/mol. The Morgan fingerprint density at radius 2 is 2.03 bits per heavy atom. The van der Waals surface area contributed by atoms with Crippen LogP contribution in [0.15, 0.2) is 47.5 Å². The van der Waals surface area contributed by atoms with Gasteiger partial charge in [0.25, 0.3) is 0 Å². The summed E-state index contributed by atoms with van der Waals surface area (Å²) in [6.07, 6.45) is 4.35. The zero-order chi connectivity index (χ0) is 21.5. The quantitative estimate of drug-likeness (QED) is 0.579. The molecule has 30 heavy (non-hydrogen) atoms. The minimum Gasteiger partial charge on any atom is -0.325 e. The molecule has 1 atom stereocenters. The van der Waals surface area contributed by atoms with E-state index in [-0.39, 0.29) is 10.8 Å². The molecule has 0 fully saturated rings. The number of amides is 1. The van der Waals surface area contributed by atoms with E-state index < -0.39 is 21.5 Å². The van der Waals surface area contributed by atoms with Crippen LogP contribution in [0.5, 0.6) is 0 Å². The van der Waals surface area contributed by atoms with Crippen molar-refractivity contribution >= 4 is 39.0 Å². The van der Waals surface area contributed by atoms with Gasteiger partial charge in [-0.3, -0.25) is 9.20 Å². The monoisotopic (exact) mass is 445 g/mol. The van der Waals surface area contributed by atoms with Gasteiger partial charge in [-0.05, 0) is 68.2 Å². The topological polar surface area (TPSA) is 105 Å². The third-order valence-corrected chi connectivity index (χ3v) is 7.46. The Kier molecular flexibility index (Phi) is 5.33. The van der Waals surface area contributed by atoms with Crippen LogP contribution >= 0.6 is 11.8 Å². The number of carbonyl (C=O) groups is 1. The van der Waals surface area contributed by atoms with E-state index in [1.54, 1.807) is 42.1 Å². The molecule has 0 bridgehead atoms. The molecule has 0 saturated carbocycles. The molecule has 1 aliphatic heterocycles. The molecule has 8 nitrogen and oxygen atoms in total. The smallest absolute Gasteiger partial charge is 0.241 e. The fourth-order valence-electron chi connectivity index (χ4n) is 3.55. The van der Waals surface area contributed by atoms with Crippen LogP contribution in [-0.4, -0.2) is 40.9 Å². The molecule has 10 heteroatoms. The lowest BCUT2D eigenvalue weighted by atomic mass is 9.86. The van der Waals surface area contributed by atoms with Gasteiger partial charge in [-0.2, -0.15) is 11.8 Å². The Bertz CT molecular complexity index is 1220. The molecule has 0 saturated heterocycles. The van der Waals surface area contributed by atoms with Crippen molar-refractivity contribution < 1.29 is 13.2 Å². The summed E-state index contributed by atoms with van der Waals surface area (Å²) in [6.45, 7) is 3.56. The second kappa shape index (κ2) is 7.68. The summed E-state index contributed by atoms with van der Waals surface area (Å²) < 4.78 is 31.1. The van der Waals surface area contributed by atoms with Gasteiger partial charge in [0.05, 0.1) is 16.4 Å². The molecule has 1 amide bonds. The molecule has 2 N–H and O–H groups in total. The van der Waals surface area contributed by atoms with Gasteiger partial charge in [0.2, 0.25) is 15.9 Å². The summed E-state index contributed by atoms with van der Waals surface area (Å²) in [5.74, 6) is 1.15. The first-order valence-corrected chi connectivity index (χ1v) is 12.4. The van der Waals surface area contributed by atoms with Gasteiger partial charge in [0, 0.05) is 11.9 Å². The van der Waals surface area contributed by atoms with Crippen molar-refractivity contribution in [3.63, 3.8) is 0 Å². The van der Waals surface area contributed by atoms with Gasteiger partial charge in [-0.15, -0.1) is 10.2 Å². The molecular formula is C20H23N5O3S2. The van der Waals surface area contributed by atoms with Crippen molar-refractivity contribution in [2.45, 2.75) is 36.6 Å². The van der Waals surface area contributed by atoms with Crippen molar-refractivity contribution in [2.24, 2.45) is 0 Å². The van der Waals surface area contributed by atoms with E-state index in [0.717, 1.165) is 5.75 Å². The largest absolute Gasteiger partial charge is 0.325 e. The second-order valence-electron chi connectivity index (χ2n) is 7.73. The van der Waals surface area contributed by atoms with Crippen LogP contribution in [0, 0.1) is 0 Å². The number of pyridine rings is 1. The predicted molar refractivity (Wildman–Crippen MR) is 117 cm³/mol. The van der Waals surface area contributed by atoms with Crippen LogP contribution in [0.2, 0.25) is 0 Å². The van der Waals surface area contributed by atoms with Crippen molar-refractivity contribution in [2.75, 3.05) is 17.3 Å². The van der Waals surface area contributed by atoms with E-state index in [1.165, 1.54) is 6.07 Å². The summed E-state index contributed by atoms with van der Waals surface area (Å²) in [5.41, 5.74) is 1.18. The minimum absolute atomic E-state index is 0.119. The van der Waals surface area contributed by atoms with Crippen molar-refractivity contribution in [1.82, 2.24) is 19.3 Å². The zero-order valence-electron chi connectivity index (χ0n) is 16.9. The molecule has 3 heterocycles. The summed E-state index contributed by atoms with van der Waals surface area (Å²) >= 11 is 1.63. The van der Waals surface area contributed by atoms with Crippen LogP contribution in [0.4, 0.5) is 5.69 Å². The summed E-state index contributed by atoms with van der Waals surface area (Å²) in [7, 11) is -3.85. The highest BCUT2D eigenvalue weighted by Crippen LogP contribution is 2.38.